The molecule has 0 unspecified atom stereocenters. The summed E-state index contributed by atoms with van der Waals surface area (Å²) in [4.78, 5) is 13.6. The second-order valence-corrected chi connectivity index (χ2v) is 9.38. The summed E-state index contributed by atoms with van der Waals surface area (Å²) in [7, 11) is 0. The number of carbonyl (C=O) groups is 1. The van der Waals surface area contributed by atoms with Gasteiger partial charge in [0, 0.05) is 33.6 Å². The molecule has 162 valence electrons. The van der Waals surface area contributed by atoms with Gasteiger partial charge in [-0.05, 0) is 31.5 Å². The number of benzene rings is 2. The quantitative estimate of drug-likeness (QED) is 0.251. The van der Waals surface area contributed by atoms with E-state index < -0.39 is 0 Å². The van der Waals surface area contributed by atoms with Crippen molar-refractivity contribution >= 4 is 34.7 Å². The number of hydrogen-bond donors (Lipinski definition) is 1. The molecule has 0 radical (unpaired) electrons. The molecule has 2 heterocycles. The highest BCUT2D eigenvalue weighted by Crippen LogP contribution is 2.39. The van der Waals surface area contributed by atoms with Crippen molar-refractivity contribution in [2.75, 3.05) is 11.1 Å². The molecule has 0 aliphatic rings. The molecule has 7 heteroatoms. The number of hydrogen-bond acceptors (Lipinski definition) is 5. The third-order valence-electron chi connectivity index (χ3n) is 4.97. The van der Waals surface area contributed by atoms with Crippen LogP contribution in [0.5, 0.6) is 0 Å². The van der Waals surface area contributed by atoms with E-state index in [4.69, 9.17) is 0 Å². The Labute approximate surface area is 196 Å². The van der Waals surface area contributed by atoms with Crippen LogP contribution in [0.2, 0.25) is 0 Å². The van der Waals surface area contributed by atoms with E-state index in [1.165, 1.54) is 27.8 Å². The van der Waals surface area contributed by atoms with Crippen molar-refractivity contribution < 1.29 is 4.79 Å². The standard InChI is InChI=1S/C25H24N4OS2/c1-4-14-29-24(21-15-31-18(3)23(21)19-12-10-17(2)11-13-19)27-28-25(29)32-16-22(30)26-20-8-6-5-7-9-20/h4-13,15H,1,14,16H2,2-3H3,(H,26,30). The fourth-order valence-electron chi connectivity index (χ4n) is 3.44. The molecule has 0 saturated carbocycles. The van der Waals surface area contributed by atoms with Crippen molar-refractivity contribution in [1.29, 1.82) is 0 Å². The summed E-state index contributed by atoms with van der Waals surface area (Å²) in [5.41, 5.74) is 5.39. The SMILES string of the molecule is C=CCn1c(SCC(=O)Nc2ccccc2)nnc1-c1csc(C)c1-c1ccc(C)cc1. The maximum atomic E-state index is 12.4. The molecule has 4 rings (SSSR count). The number of anilines is 1. The summed E-state index contributed by atoms with van der Waals surface area (Å²) < 4.78 is 2.02. The molecule has 5 nitrogen and oxygen atoms in total. The topological polar surface area (TPSA) is 59.8 Å². The van der Waals surface area contributed by atoms with Gasteiger partial charge in [-0.2, -0.15) is 0 Å². The van der Waals surface area contributed by atoms with Crippen LogP contribution in [0, 0.1) is 13.8 Å². The molecule has 2 aromatic heterocycles. The predicted molar refractivity (Wildman–Crippen MR) is 134 cm³/mol. The van der Waals surface area contributed by atoms with Crippen molar-refractivity contribution in [2.24, 2.45) is 0 Å². The molecule has 0 aliphatic carbocycles. The van der Waals surface area contributed by atoms with Crippen LogP contribution in [0.15, 0.2) is 77.8 Å². The van der Waals surface area contributed by atoms with Crippen molar-refractivity contribution in [1.82, 2.24) is 14.8 Å². The van der Waals surface area contributed by atoms with E-state index in [1.54, 1.807) is 11.3 Å². The minimum absolute atomic E-state index is 0.0809. The highest BCUT2D eigenvalue weighted by atomic mass is 32.2. The summed E-state index contributed by atoms with van der Waals surface area (Å²) >= 11 is 3.08. The summed E-state index contributed by atoms with van der Waals surface area (Å²) in [6.07, 6.45) is 1.83. The highest BCUT2D eigenvalue weighted by Gasteiger charge is 2.20. The van der Waals surface area contributed by atoms with E-state index in [-0.39, 0.29) is 11.7 Å². The van der Waals surface area contributed by atoms with Crippen LogP contribution in [-0.4, -0.2) is 26.4 Å². The molecular weight excluding hydrogens is 436 g/mol. The Morgan fingerprint density at radius 3 is 2.59 bits per heavy atom. The fraction of sp³-hybridized carbons (Fsp3) is 0.160. The molecule has 4 aromatic rings. The molecule has 1 amide bonds. The Morgan fingerprint density at radius 2 is 1.88 bits per heavy atom. The van der Waals surface area contributed by atoms with E-state index in [0.29, 0.717) is 11.7 Å². The van der Waals surface area contributed by atoms with Gasteiger partial charge in [0.2, 0.25) is 5.91 Å². The Balaban J connectivity index is 1.60. The van der Waals surface area contributed by atoms with Gasteiger partial charge < -0.3 is 5.32 Å². The van der Waals surface area contributed by atoms with Crippen LogP contribution in [0.4, 0.5) is 5.69 Å². The average Bonchev–Trinajstić information content (AvgIpc) is 3.37. The van der Waals surface area contributed by atoms with Gasteiger partial charge in [-0.15, -0.1) is 28.1 Å². The van der Waals surface area contributed by atoms with Gasteiger partial charge in [0.25, 0.3) is 0 Å². The lowest BCUT2D eigenvalue weighted by Gasteiger charge is -2.10. The lowest BCUT2D eigenvalue weighted by atomic mass is 10.0. The number of nitrogens with one attached hydrogen (secondary N) is 1. The van der Waals surface area contributed by atoms with Gasteiger partial charge in [0.15, 0.2) is 11.0 Å². The maximum Gasteiger partial charge on any atom is 0.234 e. The number of carbonyl (C=O) groups excluding carboxylic acids is 1. The predicted octanol–water partition coefficient (Wildman–Crippen LogP) is 6.21. The summed E-state index contributed by atoms with van der Waals surface area (Å²) in [6.45, 7) is 8.67. The van der Waals surface area contributed by atoms with Crippen molar-refractivity contribution in [3.05, 3.63) is 83.1 Å². The molecule has 32 heavy (non-hydrogen) atoms. The zero-order valence-corrected chi connectivity index (χ0v) is 19.7. The van der Waals surface area contributed by atoms with E-state index in [9.17, 15) is 4.79 Å². The van der Waals surface area contributed by atoms with Crippen LogP contribution >= 0.6 is 23.1 Å². The Bertz CT molecular complexity index is 1230. The van der Waals surface area contributed by atoms with Crippen LogP contribution in [0.1, 0.15) is 10.4 Å². The number of nitrogens with zero attached hydrogens (tertiary/aromatic N) is 3. The second kappa shape index (κ2) is 9.97. The molecule has 0 aliphatic heterocycles. The van der Waals surface area contributed by atoms with Crippen LogP contribution in [-0.2, 0) is 11.3 Å². The minimum atomic E-state index is -0.0809. The number of rotatable bonds is 8. The molecule has 0 atom stereocenters. The summed E-state index contributed by atoms with van der Waals surface area (Å²) in [5.74, 6) is 0.955. The van der Waals surface area contributed by atoms with Gasteiger partial charge in [0.1, 0.15) is 0 Å². The number of amides is 1. The van der Waals surface area contributed by atoms with Gasteiger partial charge in [-0.1, -0.05) is 65.9 Å². The maximum absolute atomic E-state index is 12.4. The number of allylic oxidation sites excluding steroid dienone is 1. The third kappa shape index (κ3) is 4.84. The zero-order valence-electron chi connectivity index (χ0n) is 18.0. The summed E-state index contributed by atoms with van der Waals surface area (Å²) in [6, 6.07) is 18.0. The van der Waals surface area contributed by atoms with E-state index in [1.807, 2.05) is 41.0 Å². The lowest BCUT2D eigenvalue weighted by molar-refractivity contribution is -0.113. The first-order valence-corrected chi connectivity index (χ1v) is 12.1. The van der Waals surface area contributed by atoms with Gasteiger partial charge in [0.05, 0.1) is 5.75 Å². The first-order chi connectivity index (χ1) is 15.6. The summed E-state index contributed by atoms with van der Waals surface area (Å²) in [5, 5.41) is 14.6. The van der Waals surface area contributed by atoms with Crippen LogP contribution in [0.3, 0.4) is 0 Å². The van der Waals surface area contributed by atoms with Gasteiger partial charge in [-0.25, -0.2) is 0 Å². The zero-order chi connectivity index (χ0) is 22.5. The molecule has 2 aromatic carbocycles. The van der Waals surface area contributed by atoms with E-state index in [0.717, 1.165) is 22.6 Å². The van der Waals surface area contributed by atoms with Crippen molar-refractivity contribution in [2.45, 2.75) is 25.5 Å². The first-order valence-electron chi connectivity index (χ1n) is 10.2. The van der Waals surface area contributed by atoms with E-state index in [2.05, 4.69) is 65.6 Å². The van der Waals surface area contributed by atoms with Gasteiger partial charge >= 0.3 is 0 Å². The molecular formula is C25H24N4OS2. The van der Waals surface area contributed by atoms with Crippen LogP contribution in [0.25, 0.3) is 22.5 Å². The molecule has 0 saturated heterocycles. The smallest absolute Gasteiger partial charge is 0.234 e. The third-order valence-corrected chi connectivity index (χ3v) is 6.85. The largest absolute Gasteiger partial charge is 0.325 e. The number of thioether (sulfide) groups is 1. The van der Waals surface area contributed by atoms with E-state index >= 15 is 0 Å². The van der Waals surface area contributed by atoms with Crippen LogP contribution < -0.4 is 5.32 Å². The fourth-order valence-corrected chi connectivity index (χ4v) is 5.05. The number of aryl methyl sites for hydroxylation is 2. The molecule has 0 bridgehead atoms. The minimum Gasteiger partial charge on any atom is -0.325 e. The first kappa shape index (κ1) is 22.0. The monoisotopic (exact) mass is 460 g/mol. The van der Waals surface area contributed by atoms with Gasteiger partial charge in [-0.3, -0.25) is 9.36 Å². The lowest BCUT2D eigenvalue weighted by Crippen LogP contribution is -2.14. The number of para-hydroxylation sites is 1. The average molecular weight is 461 g/mol. The molecule has 0 spiro atoms. The Morgan fingerprint density at radius 1 is 1.12 bits per heavy atom. The molecule has 0 fully saturated rings. The molecule has 1 N–H and O–H groups in total. The van der Waals surface area contributed by atoms with Crippen molar-refractivity contribution in [3.63, 3.8) is 0 Å². The Hall–Kier alpha value is -3.16. The Kier molecular flexibility index (Phi) is 6.87. The number of thiophene rings is 1. The second-order valence-electron chi connectivity index (χ2n) is 7.35. The van der Waals surface area contributed by atoms with Crippen molar-refractivity contribution in [3.8, 4) is 22.5 Å². The highest BCUT2D eigenvalue weighted by molar-refractivity contribution is 7.99. The number of aromatic nitrogens is 3. The normalized spacial score (nSPS) is 10.8.